The monoisotopic (exact) mass is 521 g/mol. The lowest BCUT2D eigenvalue weighted by Gasteiger charge is -2.37. The van der Waals surface area contributed by atoms with Gasteiger partial charge in [-0.15, -0.1) is 0 Å². The second kappa shape index (κ2) is 13.0. The number of hydrogen-bond donors (Lipinski definition) is 0. The maximum atomic E-state index is 6.64. The van der Waals surface area contributed by atoms with Gasteiger partial charge in [0.05, 0.1) is 5.69 Å². The second-order valence-corrected chi connectivity index (χ2v) is 11.9. The van der Waals surface area contributed by atoms with Crippen molar-refractivity contribution in [2.45, 2.75) is 65.6 Å². The number of aryl methyl sites for hydroxylation is 3. The van der Waals surface area contributed by atoms with Crippen molar-refractivity contribution in [3.63, 3.8) is 0 Å². The van der Waals surface area contributed by atoms with Gasteiger partial charge >= 0.3 is 0 Å². The first-order valence-electron chi connectivity index (χ1n) is 13.7. The molecule has 0 aromatic heterocycles. The Balaban J connectivity index is 1.78. The number of aliphatic imine (C=N–C) groups is 1. The average molecular weight is 522 g/mol. The van der Waals surface area contributed by atoms with E-state index in [2.05, 4.69) is 95.3 Å². The van der Waals surface area contributed by atoms with Crippen LogP contribution in [0.1, 0.15) is 66.5 Å². The molecule has 0 amide bonds. The smallest absolute Gasteiger partial charge is 0.126 e. The molecule has 0 N–H and O–H groups in total. The summed E-state index contributed by atoms with van der Waals surface area (Å²) in [6.45, 7) is 11.9. The normalized spacial score (nSPS) is 13.3. The van der Waals surface area contributed by atoms with Crippen molar-refractivity contribution in [3.8, 4) is 5.75 Å². The lowest BCUT2D eigenvalue weighted by molar-refractivity contribution is 0.295. The van der Waals surface area contributed by atoms with E-state index in [0.717, 1.165) is 30.7 Å². The molecule has 0 saturated heterocycles. The van der Waals surface area contributed by atoms with Gasteiger partial charge in [-0.2, -0.15) is 0 Å². The molecule has 0 aliphatic heterocycles. The van der Waals surface area contributed by atoms with Crippen LogP contribution in [-0.2, 0) is 11.8 Å². The second-order valence-electron chi connectivity index (χ2n) is 10.2. The van der Waals surface area contributed by atoms with E-state index in [0.29, 0.717) is 15.2 Å². The molecule has 0 fully saturated rings. The quantitative estimate of drug-likeness (QED) is 0.142. The summed E-state index contributed by atoms with van der Waals surface area (Å²) in [5, 5.41) is 1.38. The molecule has 0 bridgehead atoms. The van der Waals surface area contributed by atoms with Crippen molar-refractivity contribution in [1.29, 1.82) is 0 Å². The van der Waals surface area contributed by atoms with E-state index in [9.17, 15) is 0 Å². The molecule has 0 radical (unpaired) electrons. The van der Waals surface area contributed by atoms with Gasteiger partial charge in [-0.1, -0.05) is 113 Å². The lowest BCUT2D eigenvalue weighted by Crippen LogP contribution is -2.26. The van der Waals surface area contributed by atoms with E-state index in [1.165, 1.54) is 38.7 Å². The Morgan fingerprint density at radius 3 is 2.21 bits per heavy atom. The van der Waals surface area contributed by atoms with Gasteiger partial charge < -0.3 is 4.74 Å². The topological polar surface area (TPSA) is 21.6 Å². The molecule has 38 heavy (non-hydrogen) atoms. The van der Waals surface area contributed by atoms with Gasteiger partial charge in [-0.25, -0.2) is 0 Å². The number of benzene rings is 4. The first-order valence-corrected chi connectivity index (χ1v) is 14.7. The molecule has 196 valence electrons. The number of rotatable bonds is 11. The average Bonchev–Trinajstić information content (AvgIpc) is 2.93. The van der Waals surface area contributed by atoms with Gasteiger partial charge in [0.2, 0.25) is 0 Å². The molecule has 0 saturated carbocycles. The largest absolute Gasteiger partial charge is 0.488 e. The van der Waals surface area contributed by atoms with Crippen LogP contribution in [0.25, 0.3) is 0 Å². The first-order chi connectivity index (χ1) is 18.5. The minimum Gasteiger partial charge on any atom is -0.488 e. The molecule has 3 heteroatoms. The number of hydrogen-bond acceptors (Lipinski definition) is 2. The van der Waals surface area contributed by atoms with Crippen LogP contribution in [0.15, 0.2) is 96.0 Å². The van der Waals surface area contributed by atoms with Crippen molar-refractivity contribution in [1.82, 2.24) is 0 Å². The standard InChI is InChI=1S/C35H40NOP/c1-6-21-35(7-2,32-23-26(3)22-28(5)33(32)37-25-29-16-10-8-11-17-29)38-34-27(4)15-14-18-30(34)24-36-31-19-12-9-13-20-31/h8-20,22-24,38H,6-7,21,25H2,1-5H3. The van der Waals surface area contributed by atoms with Crippen LogP contribution in [0.3, 0.4) is 0 Å². The zero-order chi connectivity index (χ0) is 27.0. The molecule has 4 rings (SSSR count). The van der Waals surface area contributed by atoms with Crippen molar-refractivity contribution < 1.29 is 4.74 Å². The van der Waals surface area contributed by atoms with Crippen LogP contribution in [0, 0.1) is 20.8 Å². The fourth-order valence-corrected chi connectivity index (χ4v) is 7.17. The molecule has 0 heterocycles. The zero-order valence-electron chi connectivity index (χ0n) is 23.4. The minimum atomic E-state index is -0.0149. The zero-order valence-corrected chi connectivity index (χ0v) is 24.4. The van der Waals surface area contributed by atoms with Gasteiger partial charge in [0.15, 0.2) is 0 Å². The minimum absolute atomic E-state index is 0.0149. The Hall–Kier alpha value is -3.22. The van der Waals surface area contributed by atoms with Gasteiger partial charge in [-0.05, 0) is 67.7 Å². The van der Waals surface area contributed by atoms with Crippen molar-refractivity contribution >= 4 is 25.8 Å². The molecule has 2 atom stereocenters. The summed E-state index contributed by atoms with van der Waals surface area (Å²) in [5.74, 6) is 1.05. The molecule has 2 unspecified atom stereocenters. The highest BCUT2D eigenvalue weighted by molar-refractivity contribution is 7.49. The van der Waals surface area contributed by atoms with Crippen molar-refractivity contribution in [3.05, 3.63) is 124 Å². The van der Waals surface area contributed by atoms with Crippen LogP contribution < -0.4 is 10.0 Å². The van der Waals surface area contributed by atoms with E-state index in [-0.39, 0.29) is 5.16 Å². The highest BCUT2D eigenvalue weighted by Crippen LogP contribution is 2.52. The third-order valence-corrected chi connectivity index (χ3v) is 9.50. The number of ether oxygens (including phenoxy) is 1. The molecule has 0 spiro atoms. The summed E-state index contributed by atoms with van der Waals surface area (Å²) in [5.41, 5.74) is 8.55. The lowest BCUT2D eigenvalue weighted by atomic mass is 9.87. The summed E-state index contributed by atoms with van der Waals surface area (Å²) < 4.78 is 6.64. The van der Waals surface area contributed by atoms with Crippen molar-refractivity contribution in [2.24, 2.45) is 4.99 Å². The van der Waals surface area contributed by atoms with Crippen LogP contribution in [-0.4, -0.2) is 6.21 Å². The predicted molar refractivity (Wildman–Crippen MR) is 166 cm³/mol. The molecule has 4 aromatic rings. The third kappa shape index (κ3) is 6.61. The Bertz CT molecular complexity index is 1360. The van der Waals surface area contributed by atoms with Gasteiger partial charge in [0.1, 0.15) is 12.4 Å². The summed E-state index contributed by atoms with van der Waals surface area (Å²) >= 11 is 0. The van der Waals surface area contributed by atoms with E-state index in [1.807, 2.05) is 36.5 Å². The first kappa shape index (κ1) is 27.8. The van der Waals surface area contributed by atoms with Crippen LogP contribution in [0.2, 0.25) is 0 Å². The van der Waals surface area contributed by atoms with E-state index in [4.69, 9.17) is 9.73 Å². The third-order valence-electron chi connectivity index (χ3n) is 7.22. The number of para-hydroxylation sites is 1. The maximum absolute atomic E-state index is 6.64. The summed E-state index contributed by atoms with van der Waals surface area (Å²) in [7, 11) is 0.604. The Kier molecular flexibility index (Phi) is 9.53. The molecular weight excluding hydrogens is 481 g/mol. The Labute approximate surface area is 231 Å². The van der Waals surface area contributed by atoms with Gasteiger partial charge in [0.25, 0.3) is 0 Å². The fourth-order valence-electron chi connectivity index (χ4n) is 5.24. The van der Waals surface area contributed by atoms with Crippen LogP contribution in [0.4, 0.5) is 5.69 Å². The van der Waals surface area contributed by atoms with E-state index in [1.54, 1.807) is 0 Å². The number of nitrogens with zero attached hydrogens (tertiary/aromatic N) is 1. The molecular formula is C35H40NOP. The highest BCUT2D eigenvalue weighted by Gasteiger charge is 2.35. The molecule has 2 nitrogen and oxygen atoms in total. The van der Waals surface area contributed by atoms with E-state index < -0.39 is 0 Å². The van der Waals surface area contributed by atoms with Gasteiger partial charge in [0, 0.05) is 22.5 Å². The van der Waals surface area contributed by atoms with E-state index >= 15 is 0 Å². The predicted octanol–water partition coefficient (Wildman–Crippen LogP) is 9.35. The van der Waals surface area contributed by atoms with Crippen molar-refractivity contribution in [2.75, 3.05) is 0 Å². The Morgan fingerprint density at radius 1 is 0.816 bits per heavy atom. The molecule has 0 aliphatic rings. The summed E-state index contributed by atoms with van der Waals surface area (Å²) in [6.07, 6.45) is 5.32. The molecule has 4 aromatic carbocycles. The fraction of sp³-hybridized carbons (Fsp3) is 0.286. The van der Waals surface area contributed by atoms with Crippen LogP contribution in [0.5, 0.6) is 5.75 Å². The SMILES string of the molecule is CCCC(CC)(Pc1c(C)cccc1C=Nc1ccccc1)c1cc(C)cc(C)c1OCc1ccccc1. The van der Waals surface area contributed by atoms with Gasteiger partial charge in [-0.3, -0.25) is 4.99 Å². The maximum Gasteiger partial charge on any atom is 0.126 e. The van der Waals surface area contributed by atoms with Crippen LogP contribution >= 0.6 is 8.58 Å². The summed E-state index contributed by atoms with van der Waals surface area (Å²) in [6, 6.07) is 31.9. The summed E-state index contributed by atoms with van der Waals surface area (Å²) in [4.78, 5) is 4.82. The Morgan fingerprint density at radius 2 is 1.53 bits per heavy atom. The highest BCUT2D eigenvalue weighted by atomic mass is 31.1. The molecule has 0 aliphatic carbocycles.